The molecule has 2 aromatic carbocycles. The highest BCUT2D eigenvalue weighted by Gasteiger charge is 2.05. The Labute approximate surface area is 147 Å². The number of nitrogens with one attached hydrogen (secondary N) is 2. The average molecular weight is 345 g/mol. The van der Waals surface area contributed by atoms with Gasteiger partial charge in [0, 0.05) is 18.0 Å². The minimum atomic E-state index is -0.190. The molecule has 0 bridgehead atoms. The first-order valence-corrected chi connectivity index (χ1v) is 8.33. The van der Waals surface area contributed by atoms with Crippen molar-refractivity contribution in [1.82, 2.24) is 10.6 Å². The fourth-order valence-electron chi connectivity index (χ4n) is 2.27. The summed E-state index contributed by atoms with van der Waals surface area (Å²) in [6.45, 7) is 0.516. The molecular formula is C19H21ClN2O2. The molecule has 2 rings (SSSR count). The van der Waals surface area contributed by atoms with Crippen LogP contribution in [-0.4, -0.2) is 24.9 Å². The summed E-state index contributed by atoms with van der Waals surface area (Å²) in [7, 11) is 0. The predicted octanol–water partition coefficient (Wildman–Crippen LogP) is 2.75. The van der Waals surface area contributed by atoms with Crippen molar-refractivity contribution in [3.8, 4) is 0 Å². The summed E-state index contributed by atoms with van der Waals surface area (Å²) in [5.41, 5.74) is 2.17. The van der Waals surface area contributed by atoms with Gasteiger partial charge in [0.05, 0.1) is 6.54 Å². The van der Waals surface area contributed by atoms with E-state index >= 15 is 0 Å². The number of hydrogen-bond acceptors (Lipinski definition) is 2. The molecule has 0 aliphatic rings. The van der Waals surface area contributed by atoms with Gasteiger partial charge in [-0.3, -0.25) is 9.59 Å². The molecule has 0 fully saturated rings. The molecule has 0 saturated heterocycles. The number of aryl methyl sites for hydroxylation is 1. The minimum Gasteiger partial charge on any atom is -0.354 e. The summed E-state index contributed by atoms with van der Waals surface area (Å²) in [6.07, 6.45) is 1.75. The molecule has 2 N–H and O–H groups in total. The summed E-state index contributed by atoms with van der Waals surface area (Å²) >= 11 is 5.91. The average Bonchev–Trinajstić information content (AvgIpc) is 2.59. The summed E-state index contributed by atoms with van der Waals surface area (Å²) in [6, 6.07) is 17.3. The topological polar surface area (TPSA) is 58.2 Å². The van der Waals surface area contributed by atoms with Gasteiger partial charge in [0.1, 0.15) is 0 Å². The lowest BCUT2D eigenvalue weighted by molar-refractivity contribution is -0.126. The van der Waals surface area contributed by atoms with Crippen molar-refractivity contribution in [2.45, 2.75) is 19.3 Å². The molecule has 24 heavy (non-hydrogen) atoms. The van der Waals surface area contributed by atoms with Gasteiger partial charge in [-0.1, -0.05) is 54.1 Å². The van der Waals surface area contributed by atoms with Crippen LogP contribution in [0.15, 0.2) is 54.6 Å². The Morgan fingerprint density at radius 3 is 2.33 bits per heavy atom. The van der Waals surface area contributed by atoms with E-state index in [2.05, 4.69) is 10.6 Å². The Morgan fingerprint density at radius 2 is 1.58 bits per heavy atom. The van der Waals surface area contributed by atoms with Crippen molar-refractivity contribution in [2.24, 2.45) is 0 Å². The Balaban J connectivity index is 1.59. The molecule has 0 aliphatic carbocycles. The Bertz CT molecular complexity index is 674. The number of carbonyl (C=O) groups is 2. The van der Waals surface area contributed by atoms with E-state index in [0.717, 1.165) is 11.1 Å². The third kappa shape index (κ3) is 6.84. The van der Waals surface area contributed by atoms with E-state index in [0.29, 0.717) is 30.8 Å². The number of carbonyl (C=O) groups excluding carboxylic acids is 2. The van der Waals surface area contributed by atoms with E-state index < -0.39 is 0 Å². The molecule has 0 saturated carbocycles. The number of hydrogen-bond donors (Lipinski definition) is 2. The quantitative estimate of drug-likeness (QED) is 0.773. The lowest BCUT2D eigenvalue weighted by atomic mass is 10.1. The highest BCUT2D eigenvalue weighted by molar-refractivity contribution is 6.30. The van der Waals surface area contributed by atoms with Crippen LogP contribution in [0.25, 0.3) is 0 Å². The van der Waals surface area contributed by atoms with Gasteiger partial charge in [-0.25, -0.2) is 0 Å². The maximum atomic E-state index is 11.7. The monoisotopic (exact) mass is 344 g/mol. The zero-order chi connectivity index (χ0) is 17.2. The molecule has 0 aromatic heterocycles. The van der Waals surface area contributed by atoms with Crippen molar-refractivity contribution in [3.05, 3.63) is 70.7 Å². The Hall–Kier alpha value is -2.33. The van der Waals surface area contributed by atoms with Crippen LogP contribution in [0.3, 0.4) is 0 Å². The Morgan fingerprint density at radius 1 is 0.833 bits per heavy atom. The maximum Gasteiger partial charge on any atom is 0.239 e. The molecule has 0 unspecified atom stereocenters. The minimum absolute atomic E-state index is 0.00314. The maximum absolute atomic E-state index is 11.7. The van der Waals surface area contributed by atoms with Crippen molar-refractivity contribution >= 4 is 23.4 Å². The summed E-state index contributed by atoms with van der Waals surface area (Å²) < 4.78 is 0. The molecule has 126 valence electrons. The van der Waals surface area contributed by atoms with Gasteiger partial charge < -0.3 is 10.6 Å². The van der Waals surface area contributed by atoms with Crippen molar-refractivity contribution in [3.63, 3.8) is 0 Å². The summed E-state index contributed by atoms with van der Waals surface area (Å²) in [5, 5.41) is 6.11. The van der Waals surface area contributed by atoms with Crippen LogP contribution in [0.4, 0.5) is 0 Å². The van der Waals surface area contributed by atoms with E-state index in [9.17, 15) is 9.59 Å². The number of halogens is 1. The normalized spacial score (nSPS) is 10.2. The predicted molar refractivity (Wildman–Crippen MR) is 95.9 cm³/mol. The van der Waals surface area contributed by atoms with E-state index in [1.807, 2.05) is 54.6 Å². The first-order chi connectivity index (χ1) is 11.6. The number of rotatable bonds is 8. The second-order valence-corrected chi connectivity index (χ2v) is 5.93. The largest absolute Gasteiger partial charge is 0.354 e. The molecule has 4 nitrogen and oxygen atoms in total. The lowest BCUT2D eigenvalue weighted by Gasteiger charge is -2.07. The molecule has 0 spiro atoms. The summed E-state index contributed by atoms with van der Waals surface area (Å²) in [4.78, 5) is 23.5. The number of amides is 2. The SMILES string of the molecule is O=C(CCc1ccccc1)NCC(=O)NCCc1cccc(Cl)c1. The van der Waals surface area contributed by atoms with E-state index in [1.54, 1.807) is 0 Å². The Kier molecular flexibility index (Phi) is 7.30. The highest BCUT2D eigenvalue weighted by atomic mass is 35.5. The lowest BCUT2D eigenvalue weighted by Crippen LogP contribution is -2.37. The molecule has 2 aromatic rings. The van der Waals surface area contributed by atoms with E-state index in [1.165, 1.54) is 0 Å². The van der Waals surface area contributed by atoms with E-state index in [-0.39, 0.29) is 18.4 Å². The summed E-state index contributed by atoms with van der Waals surface area (Å²) in [5.74, 6) is -0.311. The fourth-order valence-corrected chi connectivity index (χ4v) is 2.48. The molecule has 0 heterocycles. The fraction of sp³-hybridized carbons (Fsp3) is 0.263. The van der Waals surface area contributed by atoms with Gasteiger partial charge in [0.15, 0.2) is 0 Å². The molecule has 0 radical (unpaired) electrons. The zero-order valence-electron chi connectivity index (χ0n) is 13.4. The first kappa shape index (κ1) is 18.0. The van der Waals surface area contributed by atoms with Crippen LogP contribution >= 0.6 is 11.6 Å². The van der Waals surface area contributed by atoms with Gasteiger partial charge in [-0.15, -0.1) is 0 Å². The van der Waals surface area contributed by atoms with Crippen LogP contribution in [-0.2, 0) is 22.4 Å². The zero-order valence-corrected chi connectivity index (χ0v) is 14.2. The third-order valence-electron chi connectivity index (χ3n) is 3.55. The van der Waals surface area contributed by atoms with Crippen LogP contribution in [0, 0.1) is 0 Å². The van der Waals surface area contributed by atoms with Gasteiger partial charge >= 0.3 is 0 Å². The van der Waals surface area contributed by atoms with Crippen LogP contribution < -0.4 is 10.6 Å². The van der Waals surface area contributed by atoms with Crippen LogP contribution in [0.1, 0.15) is 17.5 Å². The van der Waals surface area contributed by atoms with Gasteiger partial charge in [-0.2, -0.15) is 0 Å². The highest BCUT2D eigenvalue weighted by Crippen LogP contribution is 2.10. The number of benzene rings is 2. The van der Waals surface area contributed by atoms with Gasteiger partial charge in [0.25, 0.3) is 0 Å². The third-order valence-corrected chi connectivity index (χ3v) is 3.79. The van der Waals surface area contributed by atoms with Crippen molar-refractivity contribution in [1.29, 1.82) is 0 Å². The molecule has 0 aliphatic heterocycles. The molecule has 2 amide bonds. The molecule has 0 atom stereocenters. The van der Waals surface area contributed by atoms with Crippen molar-refractivity contribution in [2.75, 3.05) is 13.1 Å². The van der Waals surface area contributed by atoms with Crippen LogP contribution in [0.5, 0.6) is 0 Å². The van der Waals surface area contributed by atoms with Crippen LogP contribution in [0.2, 0.25) is 5.02 Å². The first-order valence-electron chi connectivity index (χ1n) is 7.95. The molecule has 5 heteroatoms. The smallest absolute Gasteiger partial charge is 0.239 e. The van der Waals surface area contributed by atoms with E-state index in [4.69, 9.17) is 11.6 Å². The van der Waals surface area contributed by atoms with Gasteiger partial charge in [-0.05, 0) is 36.1 Å². The standard InChI is InChI=1S/C19H21ClN2O2/c20-17-8-4-7-16(13-17)11-12-21-19(24)14-22-18(23)10-9-15-5-2-1-3-6-15/h1-8,13H,9-12,14H2,(H,21,24)(H,22,23). The van der Waals surface area contributed by atoms with Gasteiger partial charge in [0.2, 0.25) is 11.8 Å². The van der Waals surface area contributed by atoms with Crippen molar-refractivity contribution < 1.29 is 9.59 Å². The second kappa shape index (κ2) is 9.73. The molecular weight excluding hydrogens is 324 g/mol. The second-order valence-electron chi connectivity index (χ2n) is 5.49.